The number of rotatable bonds is 3. The van der Waals surface area contributed by atoms with Gasteiger partial charge in [0.1, 0.15) is 0 Å². The van der Waals surface area contributed by atoms with Gasteiger partial charge in [0.25, 0.3) is 0 Å². The fourth-order valence-corrected chi connectivity index (χ4v) is 3.29. The van der Waals surface area contributed by atoms with E-state index in [0.717, 1.165) is 25.3 Å². The molecule has 1 amide bonds. The van der Waals surface area contributed by atoms with Crippen LogP contribution in [0, 0.1) is 5.92 Å². The number of nitrogens with zero attached hydrogens (tertiary/aromatic N) is 1. The van der Waals surface area contributed by atoms with Crippen molar-refractivity contribution >= 4 is 5.91 Å². The Balaban J connectivity index is 1.94. The van der Waals surface area contributed by atoms with E-state index in [9.17, 15) is 4.79 Å². The van der Waals surface area contributed by atoms with E-state index in [1.54, 1.807) is 0 Å². The molecule has 2 aliphatic rings. The van der Waals surface area contributed by atoms with Gasteiger partial charge in [0.05, 0.1) is 0 Å². The van der Waals surface area contributed by atoms with Gasteiger partial charge in [-0.1, -0.05) is 19.8 Å². The van der Waals surface area contributed by atoms with E-state index in [1.807, 2.05) is 0 Å². The van der Waals surface area contributed by atoms with Crippen molar-refractivity contribution < 1.29 is 4.79 Å². The zero-order valence-electron chi connectivity index (χ0n) is 9.87. The lowest BCUT2D eigenvalue weighted by molar-refractivity contribution is -0.132. The van der Waals surface area contributed by atoms with Gasteiger partial charge < -0.3 is 4.90 Å². The van der Waals surface area contributed by atoms with E-state index in [0.29, 0.717) is 11.9 Å². The first kappa shape index (κ1) is 11.0. The number of hydrogen-bond acceptors (Lipinski definition) is 1. The standard InChI is InChI=1S/C13H23NO/c1-2-6-13(15)14-10-5-9-12(14)11-7-3-4-8-11/h11-12H,2-10H2,1H3. The van der Waals surface area contributed by atoms with Crippen LogP contribution >= 0.6 is 0 Å². The van der Waals surface area contributed by atoms with Gasteiger partial charge >= 0.3 is 0 Å². The van der Waals surface area contributed by atoms with E-state index in [-0.39, 0.29) is 0 Å². The summed E-state index contributed by atoms with van der Waals surface area (Å²) in [6.07, 6.45) is 9.74. The summed E-state index contributed by atoms with van der Waals surface area (Å²) in [7, 11) is 0. The van der Waals surface area contributed by atoms with Crippen molar-refractivity contribution in [1.29, 1.82) is 0 Å². The molecule has 15 heavy (non-hydrogen) atoms. The van der Waals surface area contributed by atoms with Gasteiger partial charge in [-0.2, -0.15) is 0 Å². The number of likely N-dealkylation sites (tertiary alicyclic amines) is 1. The van der Waals surface area contributed by atoms with Crippen LogP contribution in [0.25, 0.3) is 0 Å². The maximum absolute atomic E-state index is 11.9. The fraction of sp³-hybridized carbons (Fsp3) is 0.923. The lowest BCUT2D eigenvalue weighted by Crippen LogP contribution is -2.39. The summed E-state index contributed by atoms with van der Waals surface area (Å²) >= 11 is 0. The molecule has 0 N–H and O–H groups in total. The topological polar surface area (TPSA) is 20.3 Å². The highest BCUT2D eigenvalue weighted by Crippen LogP contribution is 2.35. The highest BCUT2D eigenvalue weighted by atomic mass is 16.2. The largest absolute Gasteiger partial charge is 0.339 e. The van der Waals surface area contributed by atoms with Crippen molar-refractivity contribution in [2.75, 3.05) is 6.54 Å². The highest BCUT2D eigenvalue weighted by molar-refractivity contribution is 5.76. The summed E-state index contributed by atoms with van der Waals surface area (Å²) in [5, 5.41) is 0. The van der Waals surface area contributed by atoms with Gasteiger partial charge in [-0.25, -0.2) is 0 Å². The van der Waals surface area contributed by atoms with Gasteiger partial charge in [0.2, 0.25) is 5.91 Å². The molecule has 0 aromatic heterocycles. The molecule has 2 fully saturated rings. The second kappa shape index (κ2) is 5.00. The molecule has 1 atom stereocenters. The third-order valence-corrected chi connectivity index (χ3v) is 4.03. The van der Waals surface area contributed by atoms with E-state index in [2.05, 4.69) is 11.8 Å². The van der Waals surface area contributed by atoms with E-state index in [4.69, 9.17) is 0 Å². The van der Waals surface area contributed by atoms with Crippen molar-refractivity contribution in [2.24, 2.45) is 5.92 Å². The van der Waals surface area contributed by atoms with Crippen LogP contribution in [-0.2, 0) is 4.79 Å². The fourth-order valence-electron chi connectivity index (χ4n) is 3.29. The van der Waals surface area contributed by atoms with Crippen LogP contribution in [0.1, 0.15) is 58.3 Å². The van der Waals surface area contributed by atoms with Crippen molar-refractivity contribution in [3.05, 3.63) is 0 Å². The number of carbonyl (C=O) groups is 1. The van der Waals surface area contributed by atoms with Crippen LogP contribution in [-0.4, -0.2) is 23.4 Å². The second-order valence-corrected chi connectivity index (χ2v) is 5.09. The molecular formula is C13H23NO. The van der Waals surface area contributed by atoms with Gasteiger partial charge in [0, 0.05) is 19.0 Å². The molecule has 2 nitrogen and oxygen atoms in total. The van der Waals surface area contributed by atoms with Gasteiger partial charge in [0.15, 0.2) is 0 Å². The van der Waals surface area contributed by atoms with E-state index < -0.39 is 0 Å². The quantitative estimate of drug-likeness (QED) is 0.699. The first-order valence-corrected chi connectivity index (χ1v) is 6.62. The Morgan fingerprint density at radius 3 is 2.60 bits per heavy atom. The van der Waals surface area contributed by atoms with Gasteiger partial charge in [-0.05, 0) is 38.0 Å². The van der Waals surface area contributed by atoms with Crippen molar-refractivity contribution in [2.45, 2.75) is 64.3 Å². The normalized spacial score (nSPS) is 27.5. The molecule has 2 heteroatoms. The van der Waals surface area contributed by atoms with Crippen molar-refractivity contribution in [1.82, 2.24) is 4.90 Å². The first-order chi connectivity index (χ1) is 7.33. The van der Waals surface area contributed by atoms with Gasteiger partial charge in [-0.15, -0.1) is 0 Å². The van der Waals surface area contributed by atoms with Crippen LogP contribution in [0.3, 0.4) is 0 Å². The monoisotopic (exact) mass is 209 g/mol. The SMILES string of the molecule is CCCC(=O)N1CCCC1C1CCCC1. The molecule has 1 saturated heterocycles. The van der Waals surface area contributed by atoms with Crippen molar-refractivity contribution in [3.63, 3.8) is 0 Å². The third kappa shape index (κ3) is 2.35. The average Bonchev–Trinajstić information content (AvgIpc) is 2.88. The van der Waals surface area contributed by atoms with E-state index >= 15 is 0 Å². The minimum Gasteiger partial charge on any atom is -0.339 e. The van der Waals surface area contributed by atoms with Crippen LogP contribution in [0.5, 0.6) is 0 Å². The van der Waals surface area contributed by atoms with Crippen LogP contribution in [0.2, 0.25) is 0 Å². The number of hydrogen-bond donors (Lipinski definition) is 0. The summed E-state index contributed by atoms with van der Waals surface area (Å²) in [6, 6.07) is 0.603. The lowest BCUT2D eigenvalue weighted by atomic mass is 9.96. The summed E-state index contributed by atoms with van der Waals surface area (Å²) in [5.41, 5.74) is 0. The maximum atomic E-state index is 11.9. The third-order valence-electron chi connectivity index (χ3n) is 4.03. The maximum Gasteiger partial charge on any atom is 0.222 e. The molecule has 1 aliphatic carbocycles. The van der Waals surface area contributed by atoms with Crippen LogP contribution < -0.4 is 0 Å². The van der Waals surface area contributed by atoms with Crippen LogP contribution in [0.15, 0.2) is 0 Å². The predicted octanol–water partition coefficient (Wildman–Crippen LogP) is 2.97. The molecule has 1 heterocycles. The van der Waals surface area contributed by atoms with Gasteiger partial charge in [-0.3, -0.25) is 4.79 Å². The van der Waals surface area contributed by atoms with Crippen molar-refractivity contribution in [3.8, 4) is 0 Å². The first-order valence-electron chi connectivity index (χ1n) is 6.62. The predicted molar refractivity (Wildman–Crippen MR) is 61.6 cm³/mol. The Labute approximate surface area is 93.0 Å². The molecule has 86 valence electrons. The molecule has 0 spiro atoms. The minimum atomic E-state index is 0.409. The molecule has 1 unspecified atom stereocenters. The molecular weight excluding hydrogens is 186 g/mol. The molecule has 0 radical (unpaired) electrons. The molecule has 2 rings (SSSR count). The number of amides is 1. The Morgan fingerprint density at radius 1 is 1.20 bits per heavy atom. The zero-order chi connectivity index (χ0) is 10.7. The average molecular weight is 209 g/mol. The Bertz CT molecular complexity index is 221. The zero-order valence-corrected chi connectivity index (χ0v) is 9.87. The molecule has 0 aromatic carbocycles. The smallest absolute Gasteiger partial charge is 0.222 e. The Kier molecular flexibility index (Phi) is 3.66. The lowest BCUT2D eigenvalue weighted by Gasteiger charge is -2.29. The molecule has 0 aromatic rings. The Morgan fingerprint density at radius 2 is 1.93 bits per heavy atom. The molecule has 0 bridgehead atoms. The summed E-state index contributed by atoms with van der Waals surface area (Å²) in [6.45, 7) is 3.12. The molecule has 1 aliphatic heterocycles. The second-order valence-electron chi connectivity index (χ2n) is 5.09. The van der Waals surface area contributed by atoms with Crippen LogP contribution in [0.4, 0.5) is 0 Å². The summed E-state index contributed by atoms with van der Waals surface area (Å²) in [4.78, 5) is 14.1. The summed E-state index contributed by atoms with van der Waals surface area (Å²) < 4.78 is 0. The highest BCUT2D eigenvalue weighted by Gasteiger charge is 2.35. The molecule has 1 saturated carbocycles. The summed E-state index contributed by atoms with van der Waals surface area (Å²) in [5.74, 6) is 1.24. The van der Waals surface area contributed by atoms with E-state index in [1.165, 1.54) is 38.5 Å². The number of carbonyl (C=O) groups excluding carboxylic acids is 1. The minimum absolute atomic E-state index is 0.409. The Hall–Kier alpha value is -0.530.